The molecular formula is C29H32N2O5. The summed E-state index contributed by atoms with van der Waals surface area (Å²) in [6.07, 6.45) is 1.63. The van der Waals surface area contributed by atoms with Gasteiger partial charge in [-0.1, -0.05) is 25.1 Å². The number of ether oxygens (including phenoxy) is 3. The van der Waals surface area contributed by atoms with E-state index in [1.165, 1.54) is 5.56 Å². The third-order valence-corrected chi connectivity index (χ3v) is 6.66. The lowest BCUT2D eigenvalue weighted by Gasteiger charge is -2.41. The van der Waals surface area contributed by atoms with E-state index in [1.54, 1.807) is 32.3 Å². The van der Waals surface area contributed by atoms with Gasteiger partial charge in [0.2, 0.25) is 11.8 Å². The predicted octanol–water partition coefficient (Wildman–Crippen LogP) is 5.40. The normalized spacial score (nSPS) is 17.4. The maximum absolute atomic E-state index is 13.6. The summed E-state index contributed by atoms with van der Waals surface area (Å²) in [5.41, 5.74) is 3.42. The van der Waals surface area contributed by atoms with Crippen LogP contribution in [-0.2, 0) is 16.0 Å². The van der Waals surface area contributed by atoms with Crippen LogP contribution in [0.1, 0.15) is 36.9 Å². The Morgan fingerprint density at radius 2 is 1.61 bits per heavy atom. The number of rotatable bonds is 8. The van der Waals surface area contributed by atoms with Crippen molar-refractivity contribution in [2.75, 3.05) is 31.5 Å². The zero-order valence-corrected chi connectivity index (χ0v) is 21.1. The molecule has 36 heavy (non-hydrogen) atoms. The van der Waals surface area contributed by atoms with E-state index in [2.05, 4.69) is 12.2 Å². The molecule has 0 aliphatic carbocycles. The van der Waals surface area contributed by atoms with Crippen molar-refractivity contribution in [3.8, 4) is 17.2 Å². The largest absolute Gasteiger partial charge is 0.497 e. The number of hydrogen-bond donors (Lipinski definition) is 1. The molecular weight excluding hydrogens is 456 g/mol. The molecule has 0 bridgehead atoms. The Labute approximate surface area is 212 Å². The lowest BCUT2D eigenvalue weighted by molar-refractivity contribution is -0.125. The quantitative estimate of drug-likeness (QED) is 0.460. The van der Waals surface area contributed by atoms with Crippen molar-refractivity contribution in [3.63, 3.8) is 0 Å². The molecule has 7 nitrogen and oxygen atoms in total. The number of piperidine rings is 1. The highest BCUT2D eigenvalue weighted by Crippen LogP contribution is 2.43. The molecule has 1 N–H and O–H groups in total. The van der Waals surface area contributed by atoms with E-state index in [1.807, 2.05) is 60.7 Å². The molecule has 2 amide bonds. The molecule has 188 valence electrons. The maximum atomic E-state index is 13.6. The highest BCUT2D eigenvalue weighted by atomic mass is 16.5. The van der Waals surface area contributed by atoms with Gasteiger partial charge in [-0.05, 0) is 72.5 Å². The minimum atomic E-state index is -0.533. The summed E-state index contributed by atoms with van der Waals surface area (Å²) in [6.45, 7) is 2.09. The average molecular weight is 489 g/mol. The van der Waals surface area contributed by atoms with Crippen LogP contribution in [0, 0.1) is 5.92 Å². The number of anilines is 2. The van der Waals surface area contributed by atoms with Gasteiger partial charge in [0, 0.05) is 17.8 Å². The molecule has 4 rings (SSSR count). The molecule has 0 saturated carbocycles. The molecule has 1 heterocycles. The fourth-order valence-electron chi connectivity index (χ4n) is 4.69. The third kappa shape index (κ3) is 5.15. The van der Waals surface area contributed by atoms with E-state index in [0.29, 0.717) is 29.4 Å². The molecule has 7 heteroatoms. The van der Waals surface area contributed by atoms with E-state index in [9.17, 15) is 9.59 Å². The smallest absolute Gasteiger partial charge is 0.229 e. The average Bonchev–Trinajstić information content (AvgIpc) is 2.92. The standard InChI is InChI=1S/C29H32N2O5/c1-5-19-6-9-21(10-7-19)30-29(33)24-15-17-27(32)31(22-11-13-23(34-2)14-12-22)28(24)20-8-16-25(35-3)26(18-20)36-4/h6-14,16,18,24,28H,5,15,17H2,1-4H3,(H,30,33)/t24-,28+/m1/s1. The van der Waals surface area contributed by atoms with Gasteiger partial charge in [-0.2, -0.15) is 0 Å². The van der Waals surface area contributed by atoms with Gasteiger partial charge in [-0.3, -0.25) is 9.59 Å². The molecule has 0 unspecified atom stereocenters. The lowest BCUT2D eigenvalue weighted by atomic mass is 9.83. The Balaban J connectivity index is 1.75. The first kappa shape index (κ1) is 25.1. The van der Waals surface area contributed by atoms with Crippen LogP contribution >= 0.6 is 0 Å². The van der Waals surface area contributed by atoms with Gasteiger partial charge in [0.05, 0.1) is 33.3 Å². The highest BCUT2D eigenvalue weighted by Gasteiger charge is 2.41. The first-order valence-electron chi connectivity index (χ1n) is 12.1. The zero-order valence-electron chi connectivity index (χ0n) is 21.1. The van der Waals surface area contributed by atoms with Crippen LogP contribution < -0.4 is 24.4 Å². The molecule has 1 aliphatic rings. The topological polar surface area (TPSA) is 77.1 Å². The molecule has 1 fully saturated rings. The molecule has 3 aromatic carbocycles. The van der Waals surface area contributed by atoms with Crippen molar-refractivity contribution in [2.45, 2.75) is 32.2 Å². The van der Waals surface area contributed by atoms with Crippen LogP contribution in [0.25, 0.3) is 0 Å². The van der Waals surface area contributed by atoms with Gasteiger partial charge >= 0.3 is 0 Å². The number of amides is 2. The predicted molar refractivity (Wildman–Crippen MR) is 140 cm³/mol. The number of carbonyl (C=O) groups is 2. The van der Waals surface area contributed by atoms with Crippen molar-refractivity contribution >= 4 is 23.2 Å². The van der Waals surface area contributed by atoms with Gasteiger partial charge in [-0.25, -0.2) is 0 Å². The van der Waals surface area contributed by atoms with E-state index in [4.69, 9.17) is 14.2 Å². The Hall–Kier alpha value is -4.00. The second kappa shape index (κ2) is 11.2. The van der Waals surface area contributed by atoms with Gasteiger partial charge in [0.15, 0.2) is 11.5 Å². The third-order valence-electron chi connectivity index (χ3n) is 6.66. The summed E-state index contributed by atoms with van der Waals surface area (Å²) in [5.74, 6) is 1.15. The Morgan fingerprint density at radius 3 is 2.22 bits per heavy atom. The van der Waals surface area contributed by atoms with Crippen molar-refractivity contribution in [1.82, 2.24) is 0 Å². The number of carbonyl (C=O) groups excluding carboxylic acids is 2. The summed E-state index contributed by atoms with van der Waals surface area (Å²) in [5, 5.41) is 3.07. The molecule has 1 aliphatic heterocycles. The summed E-state index contributed by atoms with van der Waals surface area (Å²) < 4.78 is 16.2. The molecule has 2 atom stereocenters. The minimum Gasteiger partial charge on any atom is -0.497 e. The first-order chi connectivity index (χ1) is 17.5. The maximum Gasteiger partial charge on any atom is 0.229 e. The monoisotopic (exact) mass is 488 g/mol. The Morgan fingerprint density at radius 1 is 0.917 bits per heavy atom. The molecule has 3 aromatic rings. The van der Waals surface area contributed by atoms with Gasteiger partial charge in [0.1, 0.15) is 5.75 Å². The van der Waals surface area contributed by atoms with E-state index in [0.717, 1.165) is 17.7 Å². The van der Waals surface area contributed by atoms with Crippen molar-refractivity contribution in [1.29, 1.82) is 0 Å². The van der Waals surface area contributed by atoms with Crippen molar-refractivity contribution in [2.24, 2.45) is 5.92 Å². The molecule has 0 spiro atoms. The van der Waals surface area contributed by atoms with Crippen LogP contribution in [0.2, 0.25) is 0 Å². The summed E-state index contributed by atoms with van der Waals surface area (Å²) in [7, 11) is 4.74. The van der Waals surface area contributed by atoms with E-state index < -0.39 is 12.0 Å². The highest BCUT2D eigenvalue weighted by molar-refractivity contribution is 6.00. The second-order valence-electron chi connectivity index (χ2n) is 8.71. The Bertz CT molecular complexity index is 1210. The van der Waals surface area contributed by atoms with Crippen LogP contribution in [-0.4, -0.2) is 33.1 Å². The van der Waals surface area contributed by atoms with Crippen LogP contribution in [0.5, 0.6) is 17.2 Å². The number of benzene rings is 3. The molecule has 0 radical (unpaired) electrons. The number of methoxy groups -OCH3 is 3. The summed E-state index contributed by atoms with van der Waals surface area (Å²) in [6, 6.07) is 20.2. The van der Waals surface area contributed by atoms with Crippen LogP contribution in [0.15, 0.2) is 66.7 Å². The summed E-state index contributed by atoms with van der Waals surface area (Å²) >= 11 is 0. The van der Waals surface area contributed by atoms with Gasteiger partial charge in [0.25, 0.3) is 0 Å². The first-order valence-corrected chi connectivity index (χ1v) is 12.1. The Kier molecular flexibility index (Phi) is 7.78. The zero-order chi connectivity index (χ0) is 25.7. The number of aryl methyl sites for hydroxylation is 1. The van der Waals surface area contributed by atoms with Crippen molar-refractivity contribution in [3.05, 3.63) is 77.9 Å². The number of nitrogens with zero attached hydrogens (tertiary/aromatic N) is 1. The summed E-state index contributed by atoms with van der Waals surface area (Å²) in [4.78, 5) is 28.7. The second-order valence-corrected chi connectivity index (χ2v) is 8.71. The van der Waals surface area contributed by atoms with Gasteiger partial charge < -0.3 is 24.4 Å². The molecule has 0 aromatic heterocycles. The SMILES string of the molecule is CCc1ccc(NC(=O)[C@@H]2CCC(=O)N(c3ccc(OC)cc3)[C@H]2c2ccc(OC)c(OC)c2)cc1. The van der Waals surface area contributed by atoms with Crippen LogP contribution in [0.3, 0.4) is 0 Å². The fourth-order valence-corrected chi connectivity index (χ4v) is 4.69. The minimum absolute atomic E-state index is 0.0451. The van der Waals surface area contributed by atoms with Crippen molar-refractivity contribution < 1.29 is 23.8 Å². The van der Waals surface area contributed by atoms with Gasteiger partial charge in [-0.15, -0.1) is 0 Å². The number of hydrogen-bond acceptors (Lipinski definition) is 5. The fraction of sp³-hybridized carbons (Fsp3) is 0.310. The molecule has 1 saturated heterocycles. The van der Waals surface area contributed by atoms with E-state index in [-0.39, 0.29) is 18.2 Å². The lowest BCUT2D eigenvalue weighted by Crippen LogP contribution is -2.47. The number of nitrogens with one attached hydrogen (secondary N) is 1. The van der Waals surface area contributed by atoms with Crippen LogP contribution in [0.4, 0.5) is 11.4 Å². The van der Waals surface area contributed by atoms with E-state index >= 15 is 0 Å².